The van der Waals surface area contributed by atoms with Crippen LogP contribution in [-0.4, -0.2) is 17.9 Å². The molecule has 2 aromatic rings. The fraction of sp³-hybridized carbons (Fsp3) is 0.412. The number of nitrogens with one attached hydrogen (secondary N) is 1. The Morgan fingerprint density at radius 2 is 1.90 bits per heavy atom. The molecule has 0 aliphatic heterocycles. The zero-order chi connectivity index (χ0) is 15.5. The number of furan rings is 1. The second kappa shape index (κ2) is 6.69. The molecule has 3 nitrogen and oxygen atoms in total. The maximum absolute atomic E-state index is 10.5. The molecule has 0 fully saturated rings. The van der Waals surface area contributed by atoms with E-state index in [0.717, 1.165) is 5.76 Å². The van der Waals surface area contributed by atoms with Crippen molar-refractivity contribution < 1.29 is 9.52 Å². The van der Waals surface area contributed by atoms with E-state index in [4.69, 9.17) is 4.42 Å². The number of hydrogen-bond acceptors (Lipinski definition) is 4. The zero-order valence-electron chi connectivity index (χ0n) is 13.0. The normalized spacial score (nSPS) is 15.7. The molecule has 21 heavy (non-hydrogen) atoms. The van der Waals surface area contributed by atoms with Crippen LogP contribution >= 0.6 is 11.8 Å². The molecule has 1 heterocycles. The van der Waals surface area contributed by atoms with Crippen molar-refractivity contribution in [2.24, 2.45) is 0 Å². The van der Waals surface area contributed by atoms with Gasteiger partial charge in [0.15, 0.2) is 0 Å². The third kappa shape index (κ3) is 4.13. The van der Waals surface area contributed by atoms with E-state index in [0.29, 0.717) is 12.3 Å². The lowest BCUT2D eigenvalue weighted by Crippen LogP contribution is -2.36. The van der Waals surface area contributed by atoms with Gasteiger partial charge in [-0.15, -0.1) is 11.8 Å². The van der Waals surface area contributed by atoms with Gasteiger partial charge in [-0.05, 0) is 56.9 Å². The van der Waals surface area contributed by atoms with Gasteiger partial charge in [-0.1, -0.05) is 12.1 Å². The lowest BCUT2D eigenvalue weighted by molar-refractivity contribution is 0.0313. The Bertz CT molecular complexity index is 575. The Morgan fingerprint density at radius 1 is 1.24 bits per heavy atom. The molecular formula is C17H23NO2S. The molecule has 2 atom stereocenters. The molecule has 0 aliphatic rings. The minimum absolute atomic E-state index is 0.170. The van der Waals surface area contributed by atoms with Crippen LogP contribution in [0.4, 0.5) is 0 Å². The van der Waals surface area contributed by atoms with E-state index in [1.165, 1.54) is 10.5 Å². The molecule has 0 saturated heterocycles. The first-order chi connectivity index (χ1) is 9.92. The van der Waals surface area contributed by atoms with Crippen LogP contribution < -0.4 is 5.32 Å². The van der Waals surface area contributed by atoms with Crippen molar-refractivity contribution in [2.45, 2.75) is 37.3 Å². The van der Waals surface area contributed by atoms with E-state index < -0.39 is 5.60 Å². The van der Waals surface area contributed by atoms with Gasteiger partial charge in [0.05, 0.1) is 0 Å². The summed E-state index contributed by atoms with van der Waals surface area (Å²) < 4.78 is 5.52. The lowest BCUT2D eigenvalue weighted by atomic mass is 10.0. The molecule has 0 bridgehead atoms. The van der Waals surface area contributed by atoms with Gasteiger partial charge in [-0.2, -0.15) is 0 Å². The highest BCUT2D eigenvalue weighted by Gasteiger charge is 2.27. The van der Waals surface area contributed by atoms with Crippen LogP contribution in [0.5, 0.6) is 0 Å². The van der Waals surface area contributed by atoms with Gasteiger partial charge in [0, 0.05) is 17.5 Å². The molecule has 0 amide bonds. The number of thioether (sulfide) groups is 1. The summed E-state index contributed by atoms with van der Waals surface area (Å²) in [5.74, 6) is 1.41. The van der Waals surface area contributed by atoms with E-state index in [9.17, 15) is 5.11 Å². The molecule has 2 rings (SSSR count). The molecule has 0 aliphatic carbocycles. The molecular weight excluding hydrogens is 282 g/mol. The SMILES string of the molecule is CSc1ccc(C(C)NCC(C)(O)c2ccc(C)o2)cc1. The number of aryl methyl sites for hydroxylation is 1. The van der Waals surface area contributed by atoms with Gasteiger partial charge in [-0.3, -0.25) is 0 Å². The largest absolute Gasteiger partial charge is 0.463 e. The molecule has 4 heteroatoms. The molecule has 114 valence electrons. The van der Waals surface area contributed by atoms with Gasteiger partial charge in [0.2, 0.25) is 0 Å². The second-order valence-corrected chi connectivity index (χ2v) is 6.44. The van der Waals surface area contributed by atoms with Crippen molar-refractivity contribution in [1.29, 1.82) is 0 Å². The Hall–Kier alpha value is -1.23. The fourth-order valence-electron chi connectivity index (χ4n) is 2.17. The van der Waals surface area contributed by atoms with Gasteiger partial charge >= 0.3 is 0 Å². The maximum atomic E-state index is 10.5. The second-order valence-electron chi connectivity index (χ2n) is 5.56. The Kier molecular flexibility index (Phi) is 5.14. The minimum Gasteiger partial charge on any atom is -0.463 e. The molecule has 0 saturated carbocycles. The predicted octanol–water partition coefficient (Wildman–Crippen LogP) is 3.87. The summed E-state index contributed by atoms with van der Waals surface area (Å²) in [7, 11) is 0. The first kappa shape index (κ1) is 16.1. The average Bonchev–Trinajstić information content (AvgIpc) is 2.92. The minimum atomic E-state index is -1.01. The highest BCUT2D eigenvalue weighted by molar-refractivity contribution is 7.98. The van der Waals surface area contributed by atoms with Crippen molar-refractivity contribution in [2.75, 3.05) is 12.8 Å². The summed E-state index contributed by atoms with van der Waals surface area (Å²) in [6.07, 6.45) is 2.07. The van der Waals surface area contributed by atoms with Crippen LogP contribution in [0, 0.1) is 6.92 Å². The van der Waals surface area contributed by atoms with E-state index >= 15 is 0 Å². The lowest BCUT2D eigenvalue weighted by Gasteiger charge is -2.24. The Balaban J connectivity index is 1.97. The van der Waals surface area contributed by atoms with E-state index in [1.807, 2.05) is 19.1 Å². The molecule has 1 aromatic heterocycles. The zero-order valence-corrected chi connectivity index (χ0v) is 13.8. The topological polar surface area (TPSA) is 45.4 Å². The molecule has 0 radical (unpaired) electrons. The first-order valence-corrected chi connectivity index (χ1v) is 8.31. The van der Waals surface area contributed by atoms with Gasteiger partial charge < -0.3 is 14.8 Å². The maximum Gasteiger partial charge on any atom is 0.136 e. The summed E-state index contributed by atoms with van der Waals surface area (Å²) in [6, 6.07) is 12.3. The highest BCUT2D eigenvalue weighted by atomic mass is 32.2. The fourth-order valence-corrected chi connectivity index (χ4v) is 2.58. The molecule has 2 N–H and O–H groups in total. The summed E-state index contributed by atoms with van der Waals surface area (Å²) in [5.41, 5.74) is 0.195. The highest BCUT2D eigenvalue weighted by Crippen LogP contribution is 2.24. The Morgan fingerprint density at radius 3 is 2.43 bits per heavy atom. The van der Waals surface area contributed by atoms with Gasteiger partial charge in [-0.25, -0.2) is 0 Å². The number of benzene rings is 1. The monoisotopic (exact) mass is 305 g/mol. The third-order valence-corrected chi connectivity index (χ3v) is 4.38. The van der Waals surface area contributed by atoms with Crippen molar-refractivity contribution in [3.05, 3.63) is 53.5 Å². The van der Waals surface area contributed by atoms with Crippen molar-refractivity contribution >= 4 is 11.8 Å². The summed E-state index contributed by atoms with van der Waals surface area (Å²) in [4.78, 5) is 1.25. The third-order valence-electron chi connectivity index (χ3n) is 3.64. The summed E-state index contributed by atoms with van der Waals surface area (Å²) in [6.45, 7) is 6.17. The van der Waals surface area contributed by atoms with Crippen molar-refractivity contribution in [3.63, 3.8) is 0 Å². The van der Waals surface area contributed by atoms with Crippen LogP contribution in [-0.2, 0) is 5.60 Å². The van der Waals surface area contributed by atoms with Gasteiger partial charge in [0.1, 0.15) is 17.1 Å². The smallest absolute Gasteiger partial charge is 0.136 e. The van der Waals surface area contributed by atoms with Crippen LogP contribution in [0.2, 0.25) is 0 Å². The van der Waals surface area contributed by atoms with Crippen LogP contribution in [0.3, 0.4) is 0 Å². The number of rotatable bonds is 6. The number of aliphatic hydroxyl groups is 1. The van der Waals surface area contributed by atoms with E-state index in [2.05, 4.69) is 42.8 Å². The molecule has 1 aromatic carbocycles. The van der Waals surface area contributed by atoms with E-state index in [-0.39, 0.29) is 6.04 Å². The standard InChI is InChI=1S/C17H23NO2S/c1-12-5-10-16(20-12)17(3,19)11-18-13(2)14-6-8-15(21-4)9-7-14/h5-10,13,18-19H,11H2,1-4H3. The molecule has 0 spiro atoms. The average molecular weight is 305 g/mol. The van der Waals surface area contributed by atoms with E-state index in [1.54, 1.807) is 18.7 Å². The Labute approximate surface area is 130 Å². The van der Waals surface area contributed by atoms with Crippen molar-refractivity contribution in [1.82, 2.24) is 5.32 Å². The first-order valence-electron chi connectivity index (χ1n) is 7.09. The van der Waals surface area contributed by atoms with Crippen molar-refractivity contribution in [3.8, 4) is 0 Å². The van der Waals surface area contributed by atoms with Gasteiger partial charge in [0.25, 0.3) is 0 Å². The molecule has 2 unspecified atom stereocenters. The van der Waals surface area contributed by atoms with Crippen LogP contribution in [0.1, 0.15) is 37.0 Å². The predicted molar refractivity (Wildman–Crippen MR) is 87.7 cm³/mol. The quantitative estimate of drug-likeness (QED) is 0.795. The summed E-state index contributed by atoms with van der Waals surface area (Å²) >= 11 is 1.73. The van der Waals surface area contributed by atoms with Crippen LogP contribution in [0.15, 0.2) is 45.7 Å². The summed E-state index contributed by atoms with van der Waals surface area (Å²) in [5, 5.41) is 13.9. The number of hydrogen-bond donors (Lipinski definition) is 2. The van der Waals surface area contributed by atoms with Crippen LogP contribution in [0.25, 0.3) is 0 Å².